The van der Waals surface area contributed by atoms with Crippen LogP contribution in [-0.4, -0.2) is 11.2 Å². The number of allylic oxidation sites excluding steroid dienone is 1. The molecule has 0 aliphatic heterocycles. The van der Waals surface area contributed by atoms with E-state index in [-0.39, 0.29) is 11.5 Å². The number of aliphatic hydroxyl groups is 1. The molecule has 1 aromatic rings. The average molecular weight is 268 g/mol. The minimum absolute atomic E-state index is 0.0832. The van der Waals surface area contributed by atoms with E-state index in [1.54, 1.807) is 5.56 Å². The van der Waals surface area contributed by atoms with Crippen molar-refractivity contribution in [3.05, 3.63) is 41.0 Å². The third kappa shape index (κ3) is 1.53. The van der Waals surface area contributed by atoms with Crippen molar-refractivity contribution in [2.75, 3.05) is 0 Å². The zero-order valence-electron chi connectivity index (χ0n) is 12.5. The fourth-order valence-corrected chi connectivity index (χ4v) is 5.34. The minimum Gasteiger partial charge on any atom is -0.393 e. The number of rotatable bonds is 0. The molecule has 2 fully saturated rings. The molecule has 1 heteroatoms. The highest BCUT2D eigenvalue weighted by Crippen LogP contribution is 2.60. The van der Waals surface area contributed by atoms with Crippen LogP contribution in [0.2, 0.25) is 0 Å². The van der Waals surface area contributed by atoms with Crippen molar-refractivity contribution in [2.45, 2.75) is 51.6 Å². The summed E-state index contributed by atoms with van der Waals surface area (Å²) in [6, 6.07) is 6.68. The second kappa shape index (κ2) is 4.21. The molecule has 1 unspecified atom stereocenters. The maximum Gasteiger partial charge on any atom is 0.0596 e. The van der Waals surface area contributed by atoms with Crippen molar-refractivity contribution in [3.63, 3.8) is 0 Å². The zero-order chi connectivity index (χ0) is 13.9. The van der Waals surface area contributed by atoms with Gasteiger partial charge in [-0.2, -0.15) is 0 Å². The van der Waals surface area contributed by atoms with Gasteiger partial charge in [0.1, 0.15) is 0 Å². The third-order valence-corrected chi connectivity index (χ3v) is 6.51. The van der Waals surface area contributed by atoms with Gasteiger partial charge in [0.15, 0.2) is 0 Å². The van der Waals surface area contributed by atoms with Crippen LogP contribution in [0.1, 0.15) is 55.2 Å². The monoisotopic (exact) mass is 268 g/mol. The number of hydrogen-bond acceptors (Lipinski definition) is 1. The Kier molecular flexibility index (Phi) is 2.66. The van der Waals surface area contributed by atoms with E-state index >= 15 is 0 Å². The summed E-state index contributed by atoms with van der Waals surface area (Å²) >= 11 is 0. The Morgan fingerprint density at radius 1 is 1.20 bits per heavy atom. The van der Waals surface area contributed by atoms with Gasteiger partial charge in [0.05, 0.1) is 6.10 Å². The third-order valence-electron chi connectivity index (χ3n) is 6.51. The molecule has 0 bridgehead atoms. The van der Waals surface area contributed by atoms with Crippen LogP contribution in [-0.2, 0) is 0 Å². The maximum absolute atomic E-state index is 10.4. The first-order chi connectivity index (χ1) is 9.61. The lowest BCUT2D eigenvalue weighted by atomic mass is 9.56. The number of fused-ring (bicyclic) bond motifs is 5. The molecule has 20 heavy (non-hydrogen) atoms. The van der Waals surface area contributed by atoms with E-state index in [9.17, 15) is 5.11 Å². The molecule has 0 radical (unpaired) electrons. The number of benzene rings is 1. The summed E-state index contributed by atoms with van der Waals surface area (Å²) < 4.78 is 0. The standard InChI is InChI=1S/C19H24O/c1-12-4-3-5-13-6-7-14-15(18(12)13)10-11-19(2)16(14)8-9-17(19)20/h3-7,14-17,20H,8-11H2,1-2H3/t14-,15+,16+,17?,19+/m1/s1. The number of aliphatic hydroxyl groups excluding tert-OH is 1. The molecule has 4 rings (SSSR count). The highest BCUT2D eigenvalue weighted by atomic mass is 16.3. The molecule has 0 saturated heterocycles. The Balaban J connectivity index is 1.78. The summed E-state index contributed by atoms with van der Waals surface area (Å²) in [6.07, 6.45) is 9.31. The molecule has 0 heterocycles. The van der Waals surface area contributed by atoms with Gasteiger partial charge in [-0.05, 0) is 72.5 Å². The number of aryl methyl sites for hydroxylation is 1. The quantitative estimate of drug-likeness (QED) is 0.744. The highest BCUT2D eigenvalue weighted by molar-refractivity contribution is 5.61. The largest absolute Gasteiger partial charge is 0.393 e. The van der Waals surface area contributed by atoms with Crippen molar-refractivity contribution in [1.82, 2.24) is 0 Å². The summed E-state index contributed by atoms with van der Waals surface area (Å²) in [6.45, 7) is 4.58. The van der Waals surface area contributed by atoms with Crippen LogP contribution in [0.4, 0.5) is 0 Å². The number of hydrogen-bond donors (Lipinski definition) is 1. The van der Waals surface area contributed by atoms with Gasteiger partial charge in [0.25, 0.3) is 0 Å². The topological polar surface area (TPSA) is 20.2 Å². The van der Waals surface area contributed by atoms with Crippen LogP contribution >= 0.6 is 0 Å². The lowest BCUT2D eigenvalue weighted by molar-refractivity contribution is -0.00803. The van der Waals surface area contributed by atoms with Crippen LogP contribution in [0.15, 0.2) is 24.3 Å². The van der Waals surface area contributed by atoms with Crippen molar-refractivity contribution in [2.24, 2.45) is 17.3 Å². The lowest BCUT2D eigenvalue weighted by Crippen LogP contribution is -2.42. The first-order valence-corrected chi connectivity index (χ1v) is 8.07. The first-order valence-electron chi connectivity index (χ1n) is 8.07. The zero-order valence-corrected chi connectivity index (χ0v) is 12.5. The van der Waals surface area contributed by atoms with Crippen molar-refractivity contribution >= 4 is 6.08 Å². The Labute approximate surface area is 121 Å². The Morgan fingerprint density at radius 2 is 2.05 bits per heavy atom. The van der Waals surface area contributed by atoms with E-state index in [0.29, 0.717) is 17.8 Å². The first kappa shape index (κ1) is 12.6. The molecule has 0 amide bonds. The Bertz CT molecular complexity index is 573. The lowest BCUT2D eigenvalue weighted by Gasteiger charge is -2.48. The van der Waals surface area contributed by atoms with E-state index in [1.165, 1.54) is 30.4 Å². The molecular formula is C19H24O. The predicted molar refractivity (Wildman–Crippen MR) is 82.5 cm³/mol. The summed E-state index contributed by atoms with van der Waals surface area (Å²) in [4.78, 5) is 0. The molecule has 0 aromatic heterocycles. The van der Waals surface area contributed by atoms with Gasteiger partial charge in [-0.25, -0.2) is 0 Å². The molecular weight excluding hydrogens is 244 g/mol. The van der Waals surface area contributed by atoms with Crippen LogP contribution < -0.4 is 0 Å². The minimum atomic E-state index is -0.0832. The summed E-state index contributed by atoms with van der Waals surface area (Å²) in [5.74, 6) is 1.99. The Hall–Kier alpha value is -1.08. The molecule has 0 spiro atoms. The van der Waals surface area contributed by atoms with Crippen LogP contribution in [0, 0.1) is 24.2 Å². The van der Waals surface area contributed by atoms with Gasteiger partial charge in [-0.3, -0.25) is 0 Å². The Morgan fingerprint density at radius 3 is 2.90 bits per heavy atom. The van der Waals surface area contributed by atoms with E-state index < -0.39 is 0 Å². The molecule has 3 aliphatic rings. The van der Waals surface area contributed by atoms with Crippen LogP contribution in [0.3, 0.4) is 0 Å². The smallest absolute Gasteiger partial charge is 0.0596 e. The van der Waals surface area contributed by atoms with Gasteiger partial charge in [0.2, 0.25) is 0 Å². The van der Waals surface area contributed by atoms with E-state index in [1.807, 2.05) is 0 Å². The van der Waals surface area contributed by atoms with Crippen LogP contribution in [0.25, 0.3) is 6.08 Å². The predicted octanol–water partition coefficient (Wildman–Crippen LogP) is 4.29. The second-order valence-electron chi connectivity index (χ2n) is 7.36. The summed E-state index contributed by atoms with van der Waals surface area (Å²) in [7, 11) is 0. The van der Waals surface area contributed by atoms with Crippen LogP contribution in [0.5, 0.6) is 0 Å². The molecule has 3 aliphatic carbocycles. The highest BCUT2D eigenvalue weighted by Gasteiger charge is 2.53. The van der Waals surface area contributed by atoms with Crippen molar-refractivity contribution < 1.29 is 5.11 Å². The van der Waals surface area contributed by atoms with Gasteiger partial charge < -0.3 is 5.11 Å². The van der Waals surface area contributed by atoms with E-state index in [0.717, 1.165) is 6.42 Å². The SMILES string of the molecule is Cc1cccc2c1[C@H]1CC[C@]3(C)C(O)CC[C@H]3[C@@H]1C=C2. The molecule has 1 nitrogen and oxygen atoms in total. The van der Waals surface area contributed by atoms with Gasteiger partial charge in [-0.15, -0.1) is 0 Å². The molecule has 106 valence electrons. The molecule has 5 atom stereocenters. The molecule has 1 aromatic carbocycles. The molecule has 1 N–H and O–H groups in total. The van der Waals surface area contributed by atoms with Gasteiger partial charge >= 0.3 is 0 Å². The summed E-state index contributed by atoms with van der Waals surface area (Å²) in [5, 5.41) is 10.4. The average Bonchev–Trinajstić information content (AvgIpc) is 2.75. The van der Waals surface area contributed by atoms with E-state index in [4.69, 9.17) is 0 Å². The second-order valence-corrected chi connectivity index (χ2v) is 7.36. The summed E-state index contributed by atoms with van der Waals surface area (Å²) in [5.41, 5.74) is 4.62. The maximum atomic E-state index is 10.4. The fraction of sp³-hybridized carbons (Fsp3) is 0.579. The normalized spacial score (nSPS) is 42.0. The van der Waals surface area contributed by atoms with Crippen molar-refractivity contribution in [1.29, 1.82) is 0 Å². The fourth-order valence-electron chi connectivity index (χ4n) is 5.34. The van der Waals surface area contributed by atoms with Gasteiger partial charge in [-0.1, -0.05) is 37.3 Å². The molecule has 2 saturated carbocycles. The van der Waals surface area contributed by atoms with Crippen molar-refractivity contribution in [3.8, 4) is 0 Å². The van der Waals surface area contributed by atoms with E-state index in [2.05, 4.69) is 44.2 Å². The van der Waals surface area contributed by atoms with Gasteiger partial charge in [0, 0.05) is 0 Å².